The van der Waals surface area contributed by atoms with Crippen LogP contribution in [-0.2, 0) is 16.0 Å². The molecule has 0 saturated carbocycles. The Bertz CT molecular complexity index is 987. The summed E-state index contributed by atoms with van der Waals surface area (Å²) in [7, 11) is 0. The van der Waals surface area contributed by atoms with E-state index in [0.717, 1.165) is 19.9 Å². The molecule has 27 heavy (non-hydrogen) atoms. The minimum Gasteiger partial charge on any atom is -0.347 e. The van der Waals surface area contributed by atoms with Gasteiger partial charge in [-0.15, -0.1) is 22.7 Å². The standard InChI is InChI=1S/C18H15BrClN3O2S2/c1-10-2-3-14(13(20)4-10)23-17(25)7-21-16(24)6-12-9-27-18(22-12)15-5-11(19)8-26-15/h2-5,8-9H,6-7H2,1H3,(H,21,24)(H,23,25). The number of aryl methyl sites for hydroxylation is 1. The van der Waals surface area contributed by atoms with Crippen LogP contribution in [0.3, 0.4) is 0 Å². The number of aromatic nitrogens is 1. The molecule has 3 rings (SSSR count). The van der Waals surface area contributed by atoms with Crippen LogP contribution < -0.4 is 10.6 Å². The summed E-state index contributed by atoms with van der Waals surface area (Å²) in [6.45, 7) is 1.79. The van der Waals surface area contributed by atoms with E-state index in [2.05, 4.69) is 31.5 Å². The Morgan fingerprint density at radius 1 is 1.19 bits per heavy atom. The number of benzene rings is 1. The van der Waals surface area contributed by atoms with Gasteiger partial charge in [0.25, 0.3) is 0 Å². The van der Waals surface area contributed by atoms with Gasteiger partial charge in [0.15, 0.2) is 0 Å². The third-order valence-corrected chi connectivity index (χ3v) is 6.58. The van der Waals surface area contributed by atoms with Crippen LogP contribution >= 0.6 is 50.2 Å². The Hall–Kier alpha value is -1.74. The van der Waals surface area contributed by atoms with E-state index in [4.69, 9.17) is 11.6 Å². The first kappa shape index (κ1) is 20.0. The number of anilines is 1. The van der Waals surface area contributed by atoms with E-state index in [-0.39, 0.29) is 24.8 Å². The largest absolute Gasteiger partial charge is 0.347 e. The lowest BCUT2D eigenvalue weighted by Crippen LogP contribution is -2.33. The molecule has 2 amide bonds. The van der Waals surface area contributed by atoms with Gasteiger partial charge < -0.3 is 10.6 Å². The summed E-state index contributed by atoms with van der Waals surface area (Å²) in [4.78, 5) is 29.6. The van der Waals surface area contributed by atoms with Crippen molar-refractivity contribution in [3.63, 3.8) is 0 Å². The first-order valence-electron chi connectivity index (χ1n) is 7.92. The molecular formula is C18H15BrClN3O2S2. The average molecular weight is 485 g/mol. The van der Waals surface area contributed by atoms with Gasteiger partial charge in [-0.05, 0) is 46.6 Å². The highest BCUT2D eigenvalue weighted by Crippen LogP contribution is 2.32. The van der Waals surface area contributed by atoms with E-state index in [0.29, 0.717) is 16.4 Å². The van der Waals surface area contributed by atoms with Gasteiger partial charge in [0, 0.05) is 15.2 Å². The lowest BCUT2D eigenvalue weighted by Gasteiger charge is -2.08. The SMILES string of the molecule is Cc1ccc(NC(=O)CNC(=O)Cc2csc(-c3cc(Br)cs3)n2)c(Cl)c1. The molecule has 2 heterocycles. The summed E-state index contributed by atoms with van der Waals surface area (Å²) in [5, 5.41) is 10.5. The predicted octanol–water partition coefficient (Wildman–Crippen LogP) is 4.89. The maximum atomic E-state index is 12.1. The molecule has 2 aromatic heterocycles. The topological polar surface area (TPSA) is 71.1 Å². The number of hydrogen-bond donors (Lipinski definition) is 2. The first-order chi connectivity index (χ1) is 12.9. The molecule has 0 saturated heterocycles. The molecule has 0 radical (unpaired) electrons. The lowest BCUT2D eigenvalue weighted by atomic mass is 10.2. The molecule has 0 atom stereocenters. The third kappa shape index (κ3) is 5.62. The Labute approximate surface area is 177 Å². The van der Waals surface area contributed by atoms with Crippen LogP contribution in [0, 0.1) is 6.92 Å². The van der Waals surface area contributed by atoms with Crippen LogP contribution in [0.15, 0.2) is 39.5 Å². The summed E-state index contributed by atoms with van der Waals surface area (Å²) in [5.74, 6) is -0.596. The van der Waals surface area contributed by atoms with Gasteiger partial charge in [0.2, 0.25) is 11.8 Å². The first-order valence-corrected chi connectivity index (χ1v) is 10.9. The molecule has 140 valence electrons. The van der Waals surface area contributed by atoms with E-state index >= 15 is 0 Å². The maximum absolute atomic E-state index is 12.1. The van der Waals surface area contributed by atoms with Crippen LogP contribution in [0.4, 0.5) is 5.69 Å². The van der Waals surface area contributed by atoms with E-state index in [1.807, 2.05) is 29.8 Å². The van der Waals surface area contributed by atoms with Gasteiger partial charge in [0.05, 0.1) is 34.2 Å². The third-order valence-electron chi connectivity index (χ3n) is 3.52. The number of thiophene rings is 1. The number of amides is 2. The monoisotopic (exact) mass is 483 g/mol. The quantitative estimate of drug-likeness (QED) is 0.523. The Morgan fingerprint density at radius 3 is 2.70 bits per heavy atom. The number of nitrogens with zero attached hydrogens (tertiary/aromatic N) is 1. The van der Waals surface area contributed by atoms with Gasteiger partial charge in [-0.25, -0.2) is 4.98 Å². The number of nitrogens with one attached hydrogen (secondary N) is 2. The smallest absolute Gasteiger partial charge is 0.243 e. The van der Waals surface area contributed by atoms with Crippen molar-refractivity contribution in [3.8, 4) is 9.88 Å². The summed E-state index contributed by atoms with van der Waals surface area (Å²) in [6.07, 6.45) is 0.127. The summed E-state index contributed by atoms with van der Waals surface area (Å²) >= 11 is 12.6. The van der Waals surface area contributed by atoms with E-state index in [9.17, 15) is 9.59 Å². The zero-order chi connectivity index (χ0) is 19.4. The number of halogens is 2. The zero-order valence-corrected chi connectivity index (χ0v) is 18.2. The molecule has 0 aliphatic carbocycles. The molecule has 0 bridgehead atoms. The molecule has 0 aliphatic heterocycles. The van der Waals surface area contributed by atoms with Crippen molar-refractivity contribution in [2.45, 2.75) is 13.3 Å². The molecule has 0 fully saturated rings. The van der Waals surface area contributed by atoms with Crippen molar-refractivity contribution in [1.82, 2.24) is 10.3 Å². The molecule has 3 aromatic rings. The van der Waals surface area contributed by atoms with E-state index in [1.54, 1.807) is 23.5 Å². The van der Waals surface area contributed by atoms with Crippen molar-refractivity contribution < 1.29 is 9.59 Å². The molecular weight excluding hydrogens is 470 g/mol. The van der Waals surface area contributed by atoms with E-state index in [1.165, 1.54) is 11.3 Å². The van der Waals surface area contributed by atoms with Crippen LogP contribution in [0.5, 0.6) is 0 Å². The van der Waals surface area contributed by atoms with Crippen LogP contribution in [-0.4, -0.2) is 23.3 Å². The predicted molar refractivity (Wildman–Crippen MR) is 115 cm³/mol. The summed E-state index contributed by atoms with van der Waals surface area (Å²) < 4.78 is 1.01. The van der Waals surface area contributed by atoms with Crippen LogP contribution in [0.25, 0.3) is 9.88 Å². The second kappa shape index (κ2) is 8.97. The van der Waals surface area contributed by atoms with Gasteiger partial charge in [-0.1, -0.05) is 17.7 Å². The fourth-order valence-electron chi connectivity index (χ4n) is 2.25. The second-order valence-corrected chi connectivity index (χ2v) is 8.85. The minimum atomic E-state index is -0.337. The van der Waals surface area contributed by atoms with E-state index < -0.39 is 0 Å². The summed E-state index contributed by atoms with van der Waals surface area (Å²) in [5.41, 5.74) is 2.20. The number of hydrogen-bond acceptors (Lipinski definition) is 5. The number of carbonyl (C=O) groups excluding carboxylic acids is 2. The lowest BCUT2D eigenvalue weighted by molar-refractivity contribution is -0.123. The van der Waals surface area contributed by atoms with Gasteiger partial charge in [0.1, 0.15) is 5.01 Å². The molecule has 0 unspecified atom stereocenters. The Morgan fingerprint density at radius 2 is 2.00 bits per heavy atom. The second-order valence-electron chi connectivity index (χ2n) is 5.76. The maximum Gasteiger partial charge on any atom is 0.243 e. The molecule has 0 spiro atoms. The Kier molecular flexibility index (Phi) is 6.64. The molecule has 2 N–H and O–H groups in total. The number of thiazole rings is 1. The van der Waals surface area contributed by atoms with Gasteiger partial charge in [-0.2, -0.15) is 0 Å². The normalized spacial score (nSPS) is 10.6. The highest BCUT2D eigenvalue weighted by molar-refractivity contribution is 9.10. The van der Waals surface area contributed by atoms with Crippen molar-refractivity contribution in [1.29, 1.82) is 0 Å². The molecule has 0 aliphatic rings. The average Bonchev–Trinajstić information content (AvgIpc) is 3.24. The highest BCUT2D eigenvalue weighted by Gasteiger charge is 2.12. The number of rotatable bonds is 6. The van der Waals surface area contributed by atoms with Gasteiger partial charge in [-0.3, -0.25) is 9.59 Å². The van der Waals surface area contributed by atoms with Crippen molar-refractivity contribution in [2.24, 2.45) is 0 Å². The zero-order valence-electron chi connectivity index (χ0n) is 14.2. The highest BCUT2D eigenvalue weighted by atomic mass is 79.9. The molecule has 9 heteroatoms. The minimum absolute atomic E-state index is 0.127. The van der Waals surface area contributed by atoms with Crippen molar-refractivity contribution in [2.75, 3.05) is 11.9 Å². The number of carbonyl (C=O) groups is 2. The molecule has 5 nitrogen and oxygen atoms in total. The van der Waals surface area contributed by atoms with Crippen molar-refractivity contribution >= 4 is 67.7 Å². The van der Waals surface area contributed by atoms with Crippen LogP contribution in [0.2, 0.25) is 5.02 Å². The van der Waals surface area contributed by atoms with Crippen molar-refractivity contribution in [3.05, 3.63) is 55.8 Å². The Balaban J connectivity index is 1.49. The fourth-order valence-corrected chi connectivity index (χ4v) is 4.86. The van der Waals surface area contributed by atoms with Crippen LogP contribution in [0.1, 0.15) is 11.3 Å². The fraction of sp³-hybridized carbons (Fsp3) is 0.167. The molecule has 1 aromatic carbocycles. The van der Waals surface area contributed by atoms with Gasteiger partial charge >= 0.3 is 0 Å². The summed E-state index contributed by atoms with van der Waals surface area (Å²) in [6, 6.07) is 7.35.